The van der Waals surface area contributed by atoms with E-state index in [0.717, 1.165) is 10.0 Å². The first-order valence-electron chi connectivity index (χ1n) is 3.91. The predicted molar refractivity (Wildman–Crippen MR) is 57.8 cm³/mol. The van der Waals surface area contributed by atoms with Gasteiger partial charge >= 0.3 is 0 Å². The Morgan fingerprint density at radius 2 is 2.15 bits per heavy atom. The number of benzene rings is 1. The van der Waals surface area contributed by atoms with Gasteiger partial charge < -0.3 is 10.8 Å². The molecule has 0 aliphatic rings. The van der Waals surface area contributed by atoms with Gasteiger partial charge in [0.05, 0.1) is 17.2 Å². The van der Waals surface area contributed by atoms with Gasteiger partial charge in [0, 0.05) is 4.47 Å². The maximum Gasteiger partial charge on any atom is 0.0704 e. The molecule has 3 N–H and O–H groups in total. The van der Waals surface area contributed by atoms with Crippen molar-refractivity contribution in [3.8, 4) is 0 Å². The van der Waals surface area contributed by atoms with E-state index in [1.54, 1.807) is 13.0 Å². The van der Waals surface area contributed by atoms with E-state index in [0.29, 0.717) is 5.02 Å². The Labute approximate surface area is 90.8 Å². The number of hydrogen-bond acceptors (Lipinski definition) is 2. The Kier molecular flexibility index (Phi) is 3.74. The molecule has 0 aliphatic carbocycles. The summed E-state index contributed by atoms with van der Waals surface area (Å²) in [5, 5.41) is 9.90. The van der Waals surface area contributed by atoms with Gasteiger partial charge in [0.2, 0.25) is 0 Å². The van der Waals surface area contributed by atoms with E-state index >= 15 is 0 Å². The fourth-order valence-electron chi connectivity index (χ4n) is 0.998. The lowest BCUT2D eigenvalue weighted by atomic mass is 10.0. The van der Waals surface area contributed by atoms with Gasteiger partial charge in [-0.3, -0.25) is 0 Å². The van der Waals surface area contributed by atoms with Crippen LogP contribution in [0.1, 0.15) is 18.5 Å². The summed E-state index contributed by atoms with van der Waals surface area (Å²) in [6, 6.07) is 5.02. The molecule has 1 aromatic rings. The molecule has 0 saturated carbocycles. The van der Waals surface area contributed by atoms with Gasteiger partial charge in [0.25, 0.3) is 0 Å². The van der Waals surface area contributed by atoms with Crippen LogP contribution in [0.25, 0.3) is 0 Å². The van der Waals surface area contributed by atoms with Crippen LogP contribution < -0.4 is 5.73 Å². The zero-order valence-electron chi connectivity index (χ0n) is 7.17. The molecule has 0 saturated heterocycles. The second kappa shape index (κ2) is 4.42. The third kappa shape index (κ3) is 2.68. The van der Waals surface area contributed by atoms with E-state index in [1.807, 2.05) is 12.1 Å². The molecule has 13 heavy (non-hydrogen) atoms. The summed E-state index contributed by atoms with van der Waals surface area (Å²) in [4.78, 5) is 0. The maximum atomic E-state index is 9.26. The van der Waals surface area contributed by atoms with Crippen LogP contribution in [-0.2, 0) is 0 Å². The topological polar surface area (TPSA) is 46.2 Å². The van der Waals surface area contributed by atoms with E-state index in [4.69, 9.17) is 17.3 Å². The van der Waals surface area contributed by atoms with Gasteiger partial charge in [-0.2, -0.15) is 0 Å². The Balaban J connectivity index is 2.97. The lowest BCUT2D eigenvalue weighted by Gasteiger charge is -2.15. The molecule has 2 atom stereocenters. The molecule has 0 fully saturated rings. The van der Waals surface area contributed by atoms with E-state index in [9.17, 15) is 5.11 Å². The van der Waals surface area contributed by atoms with Gasteiger partial charge in [-0.15, -0.1) is 0 Å². The summed E-state index contributed by atoms with van der Waals surface area (Å²) in [7, 11) is 0. The van der Waals surface area contributed by atoms with Crippen LogP contribution in [0.3, 0.4) is 0 Å². The first-order chi connectivity index (χ1) is 6.02. The van der Waals surface area contributed by atoms with Crippen LogP contribution >= 0.6 is 27.5 Å². The third-order valence-electron chi connectivity index (χ3n) is 1.85. The summed E-state index contributed by atoms with van der Waals surface area (Å²) in [5.41, 5.74) is 6.61. The van der Waals surface area contributed by atoms with Gasteiger partial charge in [0.15, 0.2) is 0 Å². The Bertz CT molecular complexity index is 304. The molecule has 1 unspecified atom stereocenters. The summed E-state index contributed by atoms with van der Waals surface area (Å²) in [6.45, 7) is 1.66. The highest BCUT2D eigenvalue weighted by Gasteiger charge is 2.12. The summed E-state index contributed by atoms with van der Waals surface area (Å²) >= 11 is 9.11. The van der Waals surface area contributed by atoms with Crippen molar-refractivity contribution in [3.05, 3.63) is 33.3 Å². The molecule has 1 aromatic carbocycles. The van der Waals surface area contributed by atoms with Crippen molar-refractivity contribution in [3.63, 3.8) is 0 Å². The van der Waals surface area contributed by atoms with Crippen LogP contribution in [-0.4, -0.2) is 11.2 Å². The van der Waals surface area contributed by atoms with Crippen LogP contribution in [0.5, 0.6) is 0 Å². The molecule has 0 amide bonds. The average Bonchev–Trinajstić information content (AvgIpc) is 2.08. The lowest BCUT2D eigenvalue weighted by molar-refractivity contribution is 0.164. The van der Waals surface area contributed by atoms with Crippen LogP contribution in [0.15, 0.2) is 22.7 Å². The smallest absolute Gasteiger partial charge is 0.0704 e. The normalized spacial score (nSPS) is 15.5. The molecule has 72 valence electrons. The number of nitrogens with two attached hydrogens (primary N) is 1. The van der Waals surface area contributed by atoms with E-state index in [-0.39, 0.29) is 6.04 Å². The van der Waals surface area contributed by atoms with Crippen molar-refractivity contribution in [1.29, 1.82) is 0 Å². The number of halogens is 2. The fraction of sp³-hybridized carbons (Fsp3) is 0.333. The molecule has 0 heterocycles. The third-order valence-corrected chi connectivity index (χ3v) is 3.06. The van der Waals surface area contributed by atoms with Crippen molar-refractivity contribution in [2.75, 3.05) is 0 Å². The molecule has 0 radical (unpaired) electrons. The number of aliphatic hydroxyl groups is 1. The molecule has 1 rings (SSSR count). The quantitative estimate of drug-likeness (QED) is 0.862. The Hall–Kier alpha value is -0.0900. The second-order valence-corrected chi connectivity index (χ2v) is 4.20. The van der Waals surface area contributed by atoms with E-state index in [2.05, 4.69) is 15.9 Å². The molecule has 0 spiro atoms. The monoisotopic (exact) mass is 263 g/mol. The summed E-state index contributed by atoms with van der Waals surface area (Å²) in [5.74, 6) is 0. The largest absolute Gasteiger partial charge is 0.391 e. The summed E-state index contributed by atoms with van der Waals surface area (Å²) < 4.78 is 0.794. The van der Waals surface area contributed by atoms with Gasteiger partial charge in [-0.25, -0.2) is 0 Å². The molecule has 0 bridgehead atoms. The highest BCUT2D eigenvalue weighted by atomic mass is 79.9. The zero-order valence-corrected chi connectivity index (χ0v) is 9.51. The molecule has 2 nitrogen and oxygen atoms in total. The first kappa shape index (κ1) is 11.0. The van der Waals surface area contributed by atoms with E-state index in [1.165, 1.54) is 0 Å². The Morgan fingerprint density at radius 1 is 1.54 bits per heavy atom. The van der Waals surface area contributed by atoms with Crippen molar-refractivity contribution >= 4 is 27.5 Å². The van der Waals surface area contributed by atoms with E-state index < -0.39 is 6.10 Å². The SMILES string of the molecule is CC(O)[C@@H](N)c1ccc(Cl)c(Br)c1. The van der Waals surface area contributed by atoms with Gasteiger partial charge in [-0.05, 0) is 40.5 Å². The molecule has 0 aromatic heterocycles. The molecule has 0 aliphatic heterocycles. The minimum absolute atomic E-state index is 0.367. The minimum Gasteiger partial charge on any atom is -0.391 e. The number of aliphatic hydroxyl groups excluding tert-OH is 1. The average molecular weight is 265 g/mol. The van der Waals surface area contributed by atoms with Crippen LogP contribution in [0, 0.1) is 0 Å². The highest BCUT2D eigenvalue weighted by Crippen LogP contribution is 2.26. The van der Waals surface area contributed by atoms with Crippen LogP contribution in [0.2, 0.25) is 5.02 Å². The standard InChI is InChI=1S/C9H11BrClNO/c1-5(13)9(12)6-2-3-8(11)7(10)4-6/h2-5,9,13H,12H2,1H3/t5?,9-/m1/s1. The van der Waals surface area contributed by atoms with Crippen molar-refractivity contribution in [2.24, 2.45) is 5.73 Å². The number of hydrogen-bond donors (Lipinski definition) is 2. The zero-order chi connectivity index (χ0) is 10.0. The first-order valence-corrected chi connectivity index (χ1v) is 5.08. The molecular weight excluding hydrogens is 253 g/mol. The van der Waals surface area contributed by atoms with Crippen LogP contribution in [0.4, 0.5) is 0 Å². The molecule has 4 heteroatoms. The van der Waals surface area contributed by atoms with Gasteiger partial charge in [-0.1, -0.05) is 17.7 Å². The maximum absolute atomic E-state index is 9.26. The van der Waals surface area contributed by atoms with Crippen molar-refractivity contribution < 1.29 is 5.11 Å². The Morgan fingerprint density at radius 3 is 2.62 bits per heavy atom. The van der Waals surface area contributed by atoms with Crippen molar-refractivity contribution in [1.82, 2.24) is 0 Å². The fourth-order valence-corrected chi connectivity index (χ4v) is 1.51. The predicted octanol–water partition coefficient (Wildman–Crippen LogP) is 2.48. The second-order valence-electron chi connectivity index (χ2n) is 2.94. The highest BCUT2D eigenvalue weighted by molar-refractivity contribution is 9.10. The lowest BCUT2D eigenvalue weighted by Crippen LogP contribution is -2.23. The summed E-state index contributed by atoms with van der Waals surface area (Å²) in [6.07, 6.45) is -0.562. The molecular formula is C9H11BrClNO. The number of rotatable bonds is 2. The van der Waals surface area contributed by atoms with Gasteiger partial charge in [0.1, 0.15) is 0 Å². The van der Waals surface area contributed by atoms with Crippen molar-refractivity contribution in [2.45, 2.75) is 19.1 Å². The minimum atomic E-state index is -0.562.